The number of ether oxygens (including phenoxy) is 3. The Morgan fingerprint density at radius 3 is 2.28 bits per heavy atom. The Hall–Kier alpha value is -3.74. The van der Waals surface area contributed by atoms with E-state index in [0.717, 1.165) is 4.90 Å². The van der Waals surface area contributed by atoms with Crippen molar-refractivity contribution < 1.29 is 23.8 Å². The van der Waals surface area contributed by atoms with Crippen LogP contribution in [0.1, 0.15) is 19.4 Å². The lowest BCUT2D eigenvalue weighted by Crippen LogP contribution is -2.32. The number of imide groups is 1. The SMILES string of the molecule is C=CCN1C(=O)C(Nc2ccc(OC)cc2OC)=C(c2ccc(OCC(C)C)cc2)C1=O. The minimum absolute atomic E-state index is 0.113. The Bertz CT molecular complexity index is 1040. The van der Waals surface area contributed by atoms with Crippen LogP contribution >= 0.6 is 0 Å². The summed E-state index contributed by atoms with van der Waals surface area (Å²) >= 11 is 0. The van der Waals surface area contributed by atoms with Gasteiger partial charge < -0.3 is 19.5 Å². The summed E-state index contributed by atoms with van der Waals surface area (Å²) < 4.78 is 16.4. The van der Waals surface area contributed by atoms with Crippen molar-refractivity contribution in [2.75, 3.05) is 32.7 Å². The van der Waals surface area contributed by atoms with Crippen LogP contribution in [0.2, 0.25) is 0 Å². The van der Waals surface area contributed by atoms with Crippen LogP contribution in [0.15, 0.2) is 60.8 Å². The molecule has 0 aliphatic carbocycles. The van der Waals surface area contributed by atoms with Crippen molar-refractivity contribution in [2.24, 2.45) is 5.92 Å². The molecule has 0 fully saturated rings. The van der Waals surface area contributed by atoms with Crippen molar-refractivity contribution in [3.8, 4) is 17.2 Å². The smallest absolute Gasteiger partial charge is 0.278 e. The van der Waals surface area contributed by atoms with E-state index in [1.165, 1.54) is 13.2 Å². The first kappa shape index (κ1) is 22.9. The number of nitrogens with one attached hydrogen (secondary N) is 1. The number of amides is 2. The fourth-order valence-electron chi connectivity index (χ4n) is 3.27. The van der Waals surface area contributed by atoms with Gasteiger partial charge in [-0.05, 0) is 35.7 Å². The topological polar surface area (TPSA) is 77.1 Å². The second-order valence-corrected chi connectivity index (χ2v) is 7.68. The molecule has 2 amide bonds. The van der Waals surface area contributed by atoms with Crippen LogP contribution in [0.5, 0.6) is 17.2 Å². The number of carbonyl (C=O) groups excluding carboxylic acids is 2. The summed E-state index contributed by atoms with van der Waals surface area (Å²) in [6.45, 7) is 8.51. The van der Waals surface area contributed by atoms with E-state index < -0.39 is 5.91 Å². The Balaban J connectivity index is 2.01. The maximum atomic E-state index is 13.1. The quantitative estimate of drug-likeness (QED) is 0.446. The normalized spacial score (nSPS) is 13.6. The van der Waals surface area contributed by atoms with E-state index in [1.807, 2.05) is 0 Å². The van der Waals surface area contributed by atoms with E-state index in [-0.39, 0.29) is 23.7 Å². The van der Waals surface area contributed by atoms with Gasteiger partial charge in [0.1, 0.15) is 22.9 Å². The van der Waals surface area contributed by atoms with Gasteiger partial charge in [0.15, 0.2) is 0 Å². The van der Waals surface area contributed by atoms with Gasteiger partial charge in [-0.3, -0.25) is 14.5 Å². The number of methoxy groups -OCH3 is 2. The molecule has 32 heavy (non-hydrogen) atoms. The number of benzene rings is 2. The lowest BCUT2D eigenvalue weighted by molar-refractivity contribution is -0.136. The molecule has 2 aromatic rings. The molecular formula is C25H28N2O5. The fourth-order valence-corrected chi connectivity index (χ4v) is 3.27. The first-order valence-electron chi connectivity index (χ1n) is 10.3. The van der Waals surface area contributed by atoms with Crippen molar-refractivity contribution in [2.45, 2.75) is 13.8 Å². The minimum atomic E-state index is -0.428. The van der Waals surface area contributed by atoms with Gasteiger partial charge in [0.2, 0.25) is 0 Å². The van der Waals surface area contributed by atoms with Gasteiger partial charge in [-0.15, -0.1) is 6.58 Å². The van der Waals surface area contributed by atoms with Gasteiger partial charge in [0.05, 0.1) is 32.1 Å². The number of hydrogen-bond acceptors (Lipinski definition) is 6. The van der Waals surface area contributed by atoms with E-state index in [4.69, 9.17) is 14.2 Å². The van der Waals surface area contributed by atoms with Gasteiger partial charge in [-0.25, -0.2) is 0 Å². The molecule has 3 rings (SSSR count). The number of rotatable bonds is 10. The minimum Gasteiger partial charge on any atom is -0.497 e. The van der Waals surface area contributed by atoms with Crippen LogP contribution in [0.25, 0.3) is 5.57 Å². The predicted molar refractivity (Wildman–Crippen MR) is 124 cm³/mol. The second kappa shape index (κ2) is 10.0. The molecule has 0 saturated carbocycles. The molecule has 1 heterocycles. The van der Waals surface area contributed by atoms with Gasteiger partial charge in [0.25, 0.3) is 11.8 Å². The largest absolute Gasteiger partial charge is 0.497 e. The average molecular weight is 437 g/mol. The molecule has 0 bridgehead atoms. The fraction of sp³-hybridized carbons (Fsp3) is 0.280. The second-order valence-electron chi connectivity index (χ2n) is 7.68. The Kier molecular flexibility index (Phi) is 7.20. The number of hydrogen-bond donors (Lipinski definition) is 1. The Morgan fingerprint density at radius 2 is 1.69 bits per heavy atom. The third kappa shape index (κ3) is 4.77. The summed E-state index contributed by atoms with van der Waals surface area (Å²) in [5.41, 5.74) is 1.61. The molecular weight excluding hydrogens is 408 g/mol. The molecule has 0 radical (unpaired) electrons. The third-order valence-corrected chi connectivity index (χ3v) is 4.87. The van der Waals surface area contributed by atoms with Gasteiger partial charge >= 0.3 is 0 Å². The number of anilines is 1. The molecule has 0 spiro atoms. The van der Waals surface area contributed by atoms with Crippen molar-refractivity contribution in [3.63, 3.8) is 0 Å². The highest BCUT2D eigenvalue weighted by atomic mass is 16.5. The zero-order valence-electron chi connectivity index (χ0n) is 18.8. The zero-order valence-corrected chi connectivity index (χ0v) is 18.8. The summed E-state index contributed by atoms with van der Waals surface area (Å²) in [5.74, 6) is 1.38. The van der Waals surface area contributed by atoms with Crippen LogP contribution in [-0.4, -0.2) is 44.1 Å². The van der Waals surface area contributed by atoms with Gasteiger partial charge in [-0.2, -0.15) is 0 Å². The van der Waals surface area contributed by atoms with E-state index in [0.29, 0.717) is 41.0 Å². The first-order valence-corrected chi connectivity index (χ1v) is 10.3. The van der Waals surface area contributed by atoms with E-state index >= 15 is 0 Å². The van der Waals surface area contributed by atoms with Crippen LogP contribution in [0.3, 0.4) is 0 Å². The van der Waals surface area contributed by atoms with E-state index in [1.54, 1.807) is 49.6 Å². The van der Waals surface area contributed by atoms with Crippen LogP contribution in [0, 0.1) is 5.92 Å². The molecule has 0 saturated heterocycles. The molecule has 0 atom stereocenters. The third-order valence-electron chi connectivity index (χ3n) is 4.87. The Morgan fingerprint density at radius 1 is 1.00 bits per heavy atom. The van der Waals surface area contributed by atoms with Crippen LogP contribution in [0.4, 0.5) is 5.69 Å². The van der Waals surface area contributed by atoms with Crippen LogP contribution in [-0.2, 0) is 9.59 Å². The molecule has 7 heteroatoms. The van der Waals surface area contributed by atoms with Crippen molar-refractivity contribution in [3.05, 3.63) is 66.4 Å². The summed E-state index contributed by atoms with van der Waals surface area (Å²) in [5, 5.41) is 3.11. The molecule has 0 aromatic heterocycles. The lowest BCUT2D eigenvalue weighted by Gasteiger charge is -2.14. The number of nitrogens with zero attached hydrogens (tertiary/aromatic N) is 1. The highest BCUT2D eigenvalue weighted by Gasteiger charge is 2.38. The standard InChI is InChI=1S/C25H28N2O5/c1-6-13-27-24(28)22(17-7-9-18(10-8-17)32-15-16(2)3)23(25(27)29)26-20-12-11-19(30-4)14-21(20)31-5/h6-12,14,16,26H,1,13,15H2,2-5H3. The monoisotopic (exact) mass is 436 g/mol. The van der Waals surface area contributed by atoms with E-state index in [2.05, 4.69) is 25.7 Å². The van der Waals surface area contributed by atoms with Crippen LogP contribution < -0.4 is 19.5 Å². The molecule has 1 N–H and O–H groups in total. The molecule has 168 valence electrons. The lowest BCUT2D eigenvalue weighted by atomic mass is 10.0. The van der Waals surface area contributed by atoms with E-state index in [9.17, 15) is 9.59 Å². The molecule has 0 unspecified atom stereocenters. The first-order chi connectivity index (χ1) is 15.4. The van der Waals surface area contributed by atoms with Gasteiger partial charge in [0, 0.05) is 12.6 Å². The summed E-state index contributed by atoms with van der Waals surface area (Å²) in [6.07, 6.45) is 1.52. The summed E-state index contributed by atoms with van der Waals surface area (Å²) in [4.78, 5) is 27.4. The zero-order chi connectivity index (χ0) is 23.3. The highest BCUT2D eigenvalue weighted by Crippen LogP contribution is 2.35. The van der Waals surface area contributed by atoms with Crippen molar-refractivity contribution in [1.29, 1.82) is 0 Å². The van der Waals surface area contributed by atoms with Crippen molar-refractivity contribution in [1.82, 2.24) is 4.90 Å². The highest BCUT2D eigenvalue weighted by molar-refractivity contribution is 6.36. The molecule has 1 aliphatic heterocycles. The summed E-state index contributed by atoms with van der Waals surface area (Å²) in [6, 6.07) is 12.3. The maximum Gasteiger partial charge on any atom is 0.278 e. The van der Waals surface area contributed by atoms with Crippen molar-refractivity contribution >= 4 is 23.1 Å². The number of carbonyl (C=O) groups is 2. The maximum absolute atomic E-state index is 13.1. The molecule has 7 nitrogen and oxygen atoms in total. The molecule has 1 aliphatic rings. The summed E-state index contributed by atoms with van der Waals surface area (Å²) in [7, 11) is 3.08. The molecule has 2 aromatic carbocycles. The Labute approximate surface area is 188 Å². The van der Waals surface area contributed by atoms with Gasteiger partial charge in [-0.1, -0.05) is 32.1 Å². The predicted octanol–water partition coefficient (Wildman–Crippen LogP) is 4.12. The average Bonchev–Trinajstić information content (AvgIpc) is 3.02.